The molecule has 5 heteroatoms. The van der Waals surface area contributed by atoms with Gasteiger partial charge in [0.2, 0.25) is 0 Å². The van der Waals surface area contributed by atoms with Crippen molar-refractivity contribution in [3.05, 3.63) is 29.6 Å². The van der Waals surface area contributed by atoms with Crippen molar-refractivity contribution in [1.29, 1.82) is 0 Å². The first-order valence-corrected chi connectivity index (χ1v) is 5.01. The Bertz CT molecular complexity index is 436. The van der Waals surface area contributed by atoms with Crippen LogP contribution in [-0.2, 0) is 11.2 Å². The normalized spacial score (nSPS) is 20.7. The van der Waals surface area contributed by atoms with E-state index in [1.165, 1.54) is 6.07 Å². The molecular formula is C11H13FN2O2. The molecule has 0 amide bonds. The molecule has 0 spiro atoms. The van der Waals surface area contributed by atoms with Crippen LogP contribution in [0, 0.1) is 5.82 Å². The van der Waals surface area contributed by atoms with Gasteiger partial charge < -0.3 is 15.7 Å². The fourth-order valence-corrected chi connectivity index (χ4v) is 2.18. The van der Waals surface area contributed by atoms with E-state index in [1.807, 2.05) is 0 Å². The summed E-state index contributed by atoms with van der Waals surface area (Å²) in [5.74, 6) is -1.40. The monoisotopic (exact) mass is 224 g/mol. The molecule has 1 aromatic rings. The number of fused-ring (bicyclic) bond motifs is 1. The van der Waals surface area contributed by atoms with Gasteiger partial charge in [0.1, 0.15) is 11.9 Å². The Hall–Kier alpha value is -1.62. The molecule has 86 valence electrons. The summed E-state index contributed by atoms with van der Waals surface area (Å²) >= 11 is 0. The molecule has 0 radical (unpaired) electrons. The fraction of sp³-hybridized carbons (Fsp3) is 0.364. The highest BCUT2D eigenvalue weighted by Crippen LogP contribution is 2.33. The second kappa shape index (κ2) is 3.75. The molecule has 4 nitrogen and oxygen atoms in total. The average Bonchev–Trinajstić information content (AvgIpc) is 2.56. The van der Waals surface area contributed by atoms with E-state index < -0.39 is 12.0 Å². The van der Waals surface area contributed by atoms with Gasteiger partial charge in [-0.2, -0.15) is 0 Å². The Balaban J connectivity index is 2.34. The second-order valence-electron chi connectivity index (χ2n) is 3.99. The number of benzene rings is 1. The third-order valence-electron chi connectivity index (χ3n) is 3.05. The number of nitrogens with zero attached hydrogens (tertiary/aromatic N) is 1. The number of nitrogens with two attached hydrogens (primary N) is 1. The summed E-state index contributed by atoms with van der Waals surface area (Å²) < 4.78 is 13.5. The highest BCUT2D eigenvalue weighted by atomic mass is 19.1. The highest BCUT2D eigenvalue weighted by molar-refractivity contribution is 5.76. The van der Waals surface area contributed by atoms with E-state index in [0.29, 0.717) is 12.1 Å². The molecule has 1 aliphatic rings. The average molecular weight is 224 g/mol. The predicted molar refractivity (Wildman–Crippen MR) is 57.9 cm³/mol. The third-order valence-corrected chi connectivity index (χ3v) is 3.05. The molecule has 16 heavy (non-hydrogen) atoms. The topological polar surface area (TPSA) is 66.6 Å². The Morgan fingerprint density at radius 3 is 2.94 bits per heavy atom. The van der Waals surface area contributed by atoms with E-state index in [1.54, 1.807) is 24.1 Å². The SMILES string of the molecule is CN1c2c(F)cccc2CC1C(N)C(=O)O. The van der Waals surface area contributed by atoms with Crippen molar-refractivity contribution in [1.82, 2.24) is 0 Å². The van der Waals surface area contributed by atoms with Gasteiger partial charge in [0.05, 0.1) is 11.7 Å². The molecule has 0 saturated carbocycles. The Morgan fingerprint density at radius 1 is 1.69 bits per heavy atom. The Kier molecular flexibility index (Phi) is 2.55. The van der Waals surface area contributed by atoms with Crippen molar-refractivity contribution >= 4 is 11.7 Å². The van der Waals surface area contributed by atoms with Gasteiger partial charge in [-0.05, 0) is 18.1 Å². The lowest BCUT2D eigenvalue weighted by atomic mass is 10.0. The van der Waals surface area contributed by atoms with Crippen LogP contribution in [0.3, 0.4) is 0 Å². The molecule has 0 aliphatic carbocycles. The zero-order valence-corrected chi connectivity index (χ0v) is 8.85. The number of halogens is 1. The molecule has 2 unspecified atom stereocenters. The van der Waals surface area contributed by atoms with Gasteiger partial charge in [-0.3, -0.25) is 4.79 Å². The first-order valence-electron chi connectivity index (χ1n) is 5.01. The van der Waals surface area contributed by atoms with Gasteiger partial charge in [-0.15, -0.1) is 0 Å². The Labute approximate surface area is 92.5 Å². The second-order valence-corrected chi connectivity index (χ2v) is 3.99. The van der Waals surface area contributed by atoms with Crippen molar-refractivity contribution < 1.29 is 14.3 Å². The summed E-state index contributed by atoms with van der Waals surface area (Å²) in [6.45, 7) is 0. The third kappa shape index (κ3) is 1.53. The van der Waals surface area contributed by atoms with Crippen LogP contribution in [0.2, 0.25) is 0 Å². The molecule has 2 atom stereocenters. The van der Waals surface area contributed by atoms with Gasteiger partial charge in [0.25, 0.3) is 0 Å². The van der Waals surface area contributed by atoms with Crippen molar-refractivity contribution in [3.63, 3.8) is 0 Å². The molecule has 1 aliphatic heterocycles. The van der Waals surface area contributed by atoms with Crippen LogP contribution in [0.25, 0.3) is 0 Å². The lowest BCUT2D eigenvalue weighted by Crippen LogP contribution is -2.49. The Morgan fingerprint density at radius 2 is 2.38 bits per heavy atom. The van der Waals surface area contributed by atoms with Crippen molar-refractivity contribution in [2.45, 2.75) is 18.5 Å². The summed E-state index contributed by atoms with van der Waals surface area (Å²) in [5, 5.41) is 8.86. The lowest BCUT2D eigenvalue weighted by molar-refractivity contribution is -0.139. The maximum atomic E-state index is 13.5. The largest absolute Gasteiger partial charge is 0.480 e. The van der Waals surface area contributed by atoms with Gasteiger partial charge in [0, 0.05) is 7.05 Å². The number of carbonyl (C=O) groups is 1. The number of para-hydroxylation sites is 1. The van der Waals surface area contributed by atoms with E-state index in [4.69, 9.17) is 10.8 Å². The molecule has 3 N–H and O–H groups in total. The smallest absolute Gasteiger partial charge is 0.322 e. The van der Waals surface area contributed by atoms with Crippen LogP contribution in [0.15, 0.2) is 18.2 Å². The predicted octanol–water partition coefficient (Wildman–Crippen LogP) is 0.599. The number of rotatable bonds is 2. The number of hydrogen-bond donors (Lipinski definition) is 2. The molecule has 1 aromatic carbocycles. The summed E-state index contributed by atoms with van der Waals surface area (Å²) in [6.07, 6.45) is 0.469. The summed E-state index contributed by atoms with van der Waals surface area (Å²) in [4.78, 5) is 12.4. The van der Waals surface area contributed by atoms with Crippen LogP contribution >= 0.6 is 0 Å². The van der Waals surface area contributed by atoms with Gasteiger partial charge >= 0.3 is 5.97 Å². The van der Waals surface area contributed by atoms with Crippen LogP contribution in [-0.4, -0.2) is 30.2 Å². The minimum Gasteiger partial charge on any atom is -0.480 e. The molecule has 0 fully saturated rings. The number of anilines is 1. The first kappa shape index (κ1) is 10.9. The van der Waals surface area contributed by atoms with Crippen LogP contribution in [0.1, 0.15) is 5.56 Å². The maximum Gasteiger partial charge on any atom is 0.322 e. The van der Waals surface area contributed by atoms with E-state index in [2.05, 4.69) is 0 Å². The lowest BCUT2D eigenvalue weighted by Gasteiger charge is -2.25. The highest BCUT2D eigenvalue weighted by Gasteiger charge is 2.35. The van der Waals surface area contributed by atoms with E-state index in [0.717, 1.165) is 5.56 Å². The van der Waals surface area contributed by atoms with Crippen LogP contribution < -0.4 is 10.6 Å². The molecule has 2 rings (SSSR count). The zero-order chi connectivity index (χ0) is 11.9. The number of likely N-dealkylation sites (N-methyl/N-ethyl adjacent to an activating group) is 1. The molecule has 0 saturated heterocycles. The molecule has 0 bridgehead atoms. The van der Waals surface area contributed by atoms with Crippen LogP contribution in [0.5, 0.6) is 0 Å². The van der Waals surface area contributed by atoms with E-state index >= 15 is 0 Å². The van der Waals surface area contributed by atoms with Crippen LogP contribution in [0.4, 0.5) is 10.1 Å². The molecule has 1 heterocycles. The molecule has 0 aromatic heterocycles. The number of carboxylic acids is 1. The number of carboxylic acid groups (broad SMARTS) is 1. The maximum absolute atomic E-state index is 13.5. The quantitative estimate of drug-likeness (QED) is 0.772. The van der Waals surface area contributed by atoms with E-state index in [-0.39, 0.29) is 11.9 Å². The van der Waals surface area contributed by atoms with Crippen molar-refractivity contribution in [3.8, 4) is 0 Å². The number of hydrogen-bond acceptors (Lipinski definition) is 3. The van der Waals surface area contributed by atoms with Crippen molar-refractivity contribution in [2.75, 3.05) is 11.9 Å². The summed E-state index contributed by atoms with van der Waals surface area (Å²) in [7, 11) is 1.67. The summed E-state index contributed by atoms with van der Waals surface area (Å²) in [6, 6.07) is 3.39. The van der Waals surface area contributed by atoms with Crippen molar-refractivity contribution in [2.24, 2.45) is 5.73 Å². The number of aliphatic carboxylic acids is 1. The van der Waals surface area contributed by atoms with Gasteiger partial charge in [0.15, 0.2) is 0 Å². The summed E-state index contributed by atoms with van der Waals surface area (Å²) in [5.41, 5.74) is 6.85. The minimum atomic E-state index is -1.06. The fourth-order valence-electron chi connectivity index (χ4n) is 2.18. The standard InChI is InChI=1S/C11H13FN2O2/c1-14-8(9(13)11(15)16)5-6-3-2-4-7(12)10(6)14/h2-4,8-9H,5,13H2,1H3,(H,15,16). The first-order chi connectivity index (χ1) is 7.52. The zero-order valence-electron chi connectivity index (χ0n) is 8.85. The van der Waals surface area contributed by atoms with Gasteiger partial charge in [-0.25, -0.2) is 4.39 Å². The molecular weight excluding hydrogens is 211 g/mol. The minimum absolute atomic E-state index is 0.333. The van der Waals surface area contributed by atoms with E-state index in [9.17, 15) is 9.18 Å². The van der Waals surface area contributed by atoms with Gasteiger partial charge in [-0.1, -0.05) is 12.1 Å².